The molecule has 56 valence electrons. The maximum atomic E-state index is 4.85. The first-order chi connectivity index (χ1) is 4.06. The normalized spacial score (nSPS) is 12.0. The molecule has 3 heteroatoms. The Labute approximate surface area is 56.9 Å². The number of nitrogens with zero attached hydrogens (tertiary/aromatic N) is 1. The van der Waals surface area contributed by atoms with Crippen molar-refractivity contribution in [3.8, 4) is 0 Å². The lowest BCUT2D eigenvalue weighted by atomic mass is 10.8. The molecule has 0 radical (unpaired) electrons. The first kappa shape index (κ1) is 8.88. The number of hydrogen-bond acceptors (Lipinski definition) is 2. The van der Waals surface area contributed by atoms with Gasteiger partial charge < -0.3 is 9.32 Å². The van der Waals surface area contributed by atoms with Gasteiger partial charge in [-0.25, -0.2) is 5.90 Å². The molecule has 2 N–H and O–H groups in total. The van der Waals surface area contributed by atoms with Gasteiger partial charge in [-0.1, -0.05) is 0 Å². The van der Waals surface area contributed by atoms with Crippen LogP contribution in [0.5, 0.6) is 0 Å². The van der Waals surface area contributed by atoms with Crippen LogP contribution in [0, 0.1) is 0 Å². The summed E-state index contributed by atoms with van der Waals surface area (Å²) in [5, 5.41) is 0. The van der Waals surface area contributed by atoms with Crippen LogP contribution in [0.3, 0.4) is 0 Å². The van der Waals surface area contributed by atoms with Gasteiger partial charge in [0.05, 0.1) is 34.3 Å². The first-order valence-electron chi connectivity index (χ1n) is 3.18. The molecule has 0 aliphatic heterocycles. The highest BCUT2D eigenvalue weighted by Crippen LogP contribution is 1.91. The summed E-state index contributed by atoms with van der Waals surface area (Å²) in [6.07, 6.45) is 1.03. The molecule has 0 aliphatic rings. The largest absolute Gasteiger partial charge is 0.331 e. The minimum atomic E-state index is 0.662. The number of rotatable bonds is 4. The lowest BCUT2D eigenvalue weighted by molar-refractivity contribution is -0.870. The van der Waals surface area contributed by atoms with Crippen molar-refractivity contribution >= 4 is 0 Å². The highest BCUT2D eigenvalue weighted by atomic mass is 16.8. The van der Waals surface area contributed by atoms with Gasteiger partial charge in [-0.15, -0.1) is 0 Å². The molecule has 0 saturated heterocycles. The van der Waals surface area contributed by atoms with E-state index in [0.29, 0.717) is 6.61 Å². The molecule has 3 nitrogen and oxygen atoms in total. The lowest BCUT2D eigenvalue weighted by Gasteiger charge is -2.23. The SMILES string of the molecule is C[N+](C)(C)[13CH2][13CH2][13CH2]O[15NH2]. The van der Waals surface area contributed by atoms with E-state index in [-0.39, 0.29) is 0 Å². The van der Waals surface area contributed by atoms with Gasteiger partial charge >= 0.3 is 0 Å². The molecule has 0 saturated carbocycles. The van der Waals surface area contributed by atoms with Crippen LogP contribution in [0.2, 0.25) is 0 Å². The van der Waals surface area contributed by atoms with Gasteiger partial charge in [0.25, 0.3) is 0 Å². The molecule has 0 fully saturated rings. The van der Waals surface area contributed by atoms with Crippen molar-refractivity contribution in [1.29, 1.82) is 0 Å². The van der Waals surface area contributed by atoms with E-state index in [1.165, 1.54) is 0 Å². The highest BCUT2D eigenvalue weighted by molar-refractivity contribution is 4.30. The van der Waals surface area contributed by atoms with E-state index in [4.69, 9.17) is 5.90 Å². The van der Waals surface area contributed by atoms with Gasteiger partial charge in [-0.2, -0.15) is 0 Å². The predicted octanol–water partition coefficient (Wildman–Crippen LogP) is -0.0270. The van der Waals surface area contributed by atoms with Crippen LogP contribution in [0.4, 0.5) is 0 Å². The zero-order chi connectivity index (χ0) is 7.33. The number of quaternary nitrogens is 1. The van der Waals surface area contributed by atoms with Gasteiger partial charge in [0.2, 0.25) is 0 Å². The minimum absolute atomic E-state index is 0.662. The molecule has 0 aromatic carbocycles. The molecule has 0 spiro atoms. The summed E-state index contributed by atoms with van der Waals surface area (Å²) >= 11 is 0. The standard InChI is InChI=1S/C6H17N2O/c1-8(2,3)5-4-6-9-7/h4-7H2,1-3H3/q+1/i4+1,5+1,6+1,7+1. The van der Waals surface area contributed by atoms with E-state index in [0.717, 1.165) is 17.4 Å². The molecule has 0 amide bonds. The second kappa shape index (κ2) is 3.82. The fourth-order valence-corrected chi connectivity index (χ4v) is 0.622. The van der Waals surface area contributed by atoms with Gasteiger partial charge in [-0.3, -0.25) is 0 Å². The van der Waals surface area contributed by atoms with E-state index >= 15 is 0 Å². The first-order valence-corrected chi connectivity index (χ1v) is 3.18. The Morgan fingerprint density at radius 1 is 1.33 bits per heavy atom. The molecular weight excluding hydrogens is 120 g/mol. The summed E-state index contributed by atoms with van der Waals surface area (Å²) in [6.45, 7) is 1.77. The maximum absolute atomic E-state index is 4.85. The van der Waals surface area contributed by atoms with Crippen molar-refractivity contribution in [2.75, 3.05) is 34.3 Å². The average molecular weight is 137 g/mol. The fraction of sp³-hybridized carbons (Fsp3) is 1.00. The van der Waals surface area contributed by atoms with Gasteiger partial charge in [0.15, 0.2) is 0 Å². The zero-order valence-electron chi connectivity index (χ0n) is 6.55. The smallest absolute Gasteiger partial charge is 0.0803 e. The lowest BCUT2D eigenvalue weighted by Crippen LogP contribution is -2.35. The van der Waals surface area contributed by atoms with Gasteiger partial charge in [0.1, 0.15) is 0 Å². The Morgan fingerprint density at radius 3 is 2.22 bits per heavy atom. The van der Waals surface area contributed by atoms with E-state index in [1.807, 2.05) is 0 Å². The quantitative estimate of drug-likeness (QED) is 0.194. The Hall–Kier alpha value is -0.120. The van der Waals surface area contributed by atoms with Crippen molar-refractivity contribution in [1.82, 2.24) is 0 Å². The number of hydrogen-bond donors (Lipinski definition) is 1. The van der Waals surface area contributed by atoms with E-state index in [9.17, 15) is 0 Å². The monoisotopic (exact) mass is 137 g/mol. The topological polar surface area (TPSA) is 35.2 Å². The third-order valence-corrected chi connectivity index (χ3v) is 1.09. The van der Waals surface area contributed by atoms with Crippen LogP contribution in [0.1, 0.15) is 6.42 Å². The van der Waals surface area contributed by atoms with Crippen LogP contribution in [0.25, 0.3) is 0 Å². The van der Waals surface area contributed by atoms with Crippen LogP contribution < -0.4 is 5.90 Å². The molecule has 0 heterocycles. The highest BCUT2D eigenvalue weighted by Gasteiger charge is 2.04. The van der Waals surface area contributed by atoms with Crippen molar-refractivity contribution in [3.05, 3.63) is 0 Å². The molecule has 0 aromatic rings. The summed E-state index contributed by atoms with van der Waals surface area (Å²) in [5.74, 6) is 4.85. The Balaban J connectivity index is 3.07. The predicted molar refractivity (Wildman–Crippen MR) is 37.7 cm³/mol. The maximum Gasteiger partial charge on any atom is 0.0803 e. The van der Waals surface area contributed by atoms with Crippen LogP contribution in [-0.2, 0) is 4.84 Å². The molecule has 0 atom stereocenters. The summed E-state index contributed by atoms with van der Waals surface area (Å²) in [6, 6.07) is 0. The fourth-order valence-electron chi connectivity index (χ4n) is 0.622. The van der Waals surface area contributed by atoms with Crippen molar-refractivity contribution in [3.63, 3.8) is 0 Å². The molecule has 0 aliphatic carbocycles. The van der Waals surface area contributed by atoms with Crippen molar-refractivity contribution in [2.24, 2.45) is 5.90 Å². The van der Waals surface area contributed by atoms with Crippen molar-refractivity contribution < 1.29 is 9.32 Å². The summed E-state index contributed by atoms with van der Waals surface area (Å²) in [7, 11) is 6.45. The molecule has 9 heavy (non-hydrogen) atoms. The zero-order valence-corrected chi connectivity index (χ0v) is 6.55. The van der Waals surface area contributed by atoms with Crippen LogP contribution in [-0.4, -0.2) is 38.8 Å². The van der Waals surface area contributed by atoms with E-state index in [2.05, 4.69) is 26.0 Å². The molecule has 0 rings (SSSR count). The van der Waals surface area contributed by atoms with E-state index in [1.54, 1.807) is 0 Å². The van der Waals surface area contributed by atoms with Crippen LogP contribution >= 0.6 is 0 Å². The molecular formula is C6H17N2O+. The Bertz CT molecular complexity index is 67.9. The van der Waals surface area contributed by atoms with Crippen molar-refractivity contribution in [2.45, 2.75) is 6.42 Å². The number of nitrogens with two attached hydrogens (primary N) is 1. The van der Waals surface area contributed by atoms with Gasteiger partial charge in [0, 0.05) is 6.42 Å². The minimum Gasteiger partial charge on any atom is -0.331 e. The molecule has 0 aromatic heterocycles. The Kier molecular flexibility index (Phi) is 3.77. The molecule has 0 bridgehead atoms. The average Bonchev–Trinajstić information content (AvgIpc) is 1.63. The third-order valence-electron chi connectivity index (χ3n) is 1.09. The second-order valence-electron chi connectivity index (χ2n) is 3.24. The van der Waals surface area contributed by atoms with Crippen LogP contribution in [0.15, 0.2) is 0 Å². The summed E-state index contributed by atoms with van der Waals surface area (Å²) < 4.78 is 0.976. The summed E-state index contributed by atoms with van der Waals surface area (Å²) in [5.41, 5.74) is 0. The Morgan fingerprint density at radius 2 is 1.89 bits per heavy atom. The van der Waals surface area contributed by atoms with E-state index < -0.39 is 0 Å². The van der Waals surface area contributed by atoms with Gasteiger partial charge in [-0.05, 0) is 0 Å². The second-order valence-corrected chi connectivity index (χ2v) is 3.24. The molecule has 0 unspecified atom stereocenters. The summed E-state index contributed by atoms with van der Waals surface area (Å²) in [4.78, 5) is 4.43. The third kappa shape index (κ3) is 7.88.